The zero-order valence-electron chi connectivity index (χ0n) is 15.3. The van der Waals surface area contributed by atoms with E-state index in [0.29, 0.717) is 38.3 Å². The molecular weight excluding hydrogens is 360 g/mol. The summed E-state index contributed by atoms with van der Waals surface area (Å²) >= 11 is 0. The van der Waals surface area contributed by atoms with Crippen LogP contribution in [-0.4, -0.2) is 45.8 Å². The van der Waals surface area contributed by atoms with Crippen molar-refractivity contribution in [3.05, 3.63) is 59.9 Å². The van der Waals surface area contributed by atoms with E-state index in [2.05, 4.69) is 39.9 Å². The normalized spacial score (nSPS) is 22.2. The second-order valence-electron chi connectivity index (χ2n) is 6.79. The maximum Gasteiger partial charge on any atom is 0.295 e. The number of nitrogens with one attached hydrogen (secondary N) is 1. The number of aliphatic hydroxyl groups is 1. The Balaban J connectivity index is 1.60. The molecule has 0 radical (unpaired) electrons. The van der Waals surface area contributed by atoms with E-state index in [4.69, 9.17) is 9.47 Å². The Bertz CT molecular complexity index is 960. The lowest BCUT2D eigenvalue weighted by Gasteiger charge is -2.42. The number of hydrogen-bond acceptors (Lipinski definition) is 7. The van der Waals surface area contributed by atoms with E-state index in [1.54, 1.807) is 0 Å². The van der Waals surface area contributed by atoms with Crippen molar-refractivity contribution in [1.82, 2.24) is 20.3 Å². The largest absolute Gasteiger partial charge is 0.436 e. The first-order valence-electron chi connectivity index (χ1n) is 9.19. The molecule has 0 saturated carbocycles. The van der Waals surface area contributed by atoms with Crippen LogP contribution in [0, 0.1) is 0 Å². The molecule has 0 aliphatic carbocycles. The summed E-state index contributed by atoms with van der Waals surface area (Å²) in [5.74, 6) is 0. The third kappa shape index (κ3) is 3.37. The number of aliphatic hydroxyl groups excluding tert-OH is 1. The van der Waals surface area contributed by atoms with Gasteiger partial charge < -0.3 is 19.9 Å². The standard InChI is InChI=1S/C20H22N4O4/c25-12-18-10-22-23-24(18)20(28-14-26)7-8-21-11-19(20)27-13-15-5-6-16-3-1-2-4-17(16)9-15/h1-6,9-10,14,19,21,25H,7-8,11-13H2. The van der Waals surface area contributed by atoms with Crippen molar-refractivity contribution in [1.29, 1.82) is 0 Å². The molecule has 2 atom stereocenters. The summed E-state index contributed by atoms with van der Waals surface area (Å²) in [4.78, 5) is 11.3. The van der Waals surface area contributed by atoms with Crippen molar-refractivity contribution in [3.8, 4) is 0 Å². The third-order valence-electron chi connectivity index (χ3n) is 5.15. The molecule has 2 N–H and O–H groups in total. The average Bonchev–Trinajstić information content (AvgIpc) is 3.22. The van der Waals surface area contributed by atoms with E-state index in [1.165, 1.54) is 16.3 Å². The number of aromatic nitrogens is 3. The van der Waals surface area contributed by atoms with Gasteiger partial charge in [-0.05, 0) is 22.4 Å². The highest BCUT2D eigenvalue weighted by Gasteiger charge is 2.48. The first-order chi connectivity index (χ1) is 13.8. The Morgan fingerprint density at radius 2 is 2.14 bits per heavy atom. The number of benzene rings is 2. The number of fused-ring (bicyclic) bond motifs is 1. The van der Waals surface area contributed by atoms with E-state index in [9.17, 15) is 9.90 Å². The van der Waals surface area contributed by atoms with Crippen LogP contribution in [0.5, 0.6) is 0 Å². The fourth-order valence-electron chi connectivity index (χ4n) is 3.73. The van der Waals surface area contributed by atoms with Gasteiger partial charge in [0, 0.05) is 19.5 Å². The van der Waals surface area contributed by atoms with Crippen LogP contribution < -0.4 is 5.32 Å². The van der Waals surface area contributed by atoms with Crippen LogP contribution in [0.25, 0.3) is 10.8 Å². The van der Waals surface area contributed by atoms with Gasteiger partial charge in [-0.2, -0.15) is 0 Å². The molecule has 2 heterocycles. The predicted molar refractivity (Wildman–Crippen MR) is 101 cm³/mol. The molecule has 1 aliphatic heterocycles. The van der Waals surface area contributed by atoms with Crippen molar-refractivity contribution in [2.24, 2.45) is 0 Å². The summed E-state index contributed by atoms with van der Waals surface area (Å²) in [7, 11) is 0. The predicted octanol–water partition coefficient (Wildman–Crippen LogP) is 1.33. The highest BCUT2D eigenvalue weighted by Crippen LogP contribution is 2.32. The maximum absolute atomic E-state index is 11.3. The number of ether oxygens (including phenoxy) is 2. The summed E-state index contributed by atoms with van der Waals surface area (Å²) in [5, 5.41) is 23.1. The Morgan fingerprint density at radius 3 is 2.96 bits per heavy atom. The van der Waals surface area contributed by atoms with E-state index < -0.39 is 11.8 Å². The van der Waals surface area contributed by atoms with Crippen LogP contribution >= 0.6 is 0 Å². The number of carbonyl (C=O) groups is 1. The van der Waals surface area contributed by atoms with Crippen molar-refractivity contribution >= 4 is 17.2 Å². The molecule has 28 heavy (non-hydrogen) atoms. The van der Waals surface area contributed by atoms with E-state index in [0.717, 1.165) is 10.9 Å². The highest BCUT2D eigenvalue weighted by atomic mass is 16.6. The van der Waals surface area contributed by atoms with Crippen molar-refractivity contribution in [2.75, 3.05) is 13.1 Å². The lowest BCUT2D eigenvalue weighted by molar-refractivity contribution is -0.208. The molecule has 1 aliphatic rings. The highest BCUT2D eigenvalue weighted by molar-refractivity contribution is 5.82. The minimum atomic E-state index is -1.15. The lowest BCUT2D eigenvalue weighted by Crippen LogP contribution is -2.58. The Morgan fingerprint density at radius 1 is 1.29 bits per heavy atom. The van der Waals surface area contributed by atoms with Crippen molar-refractivity contribution in [3.63, 3.8) is 0 Å². The first kappa shape index (κ1) is 18.5. The van der Waals surface area contributed by atoms with Crippen LogP contribution in [-0.2, 0) is 33.2 Å². The van der Waals surface area contributed by atoms with E-state index >= 15 is 0 Å². The SMILES string of the molecule is O=COC1(n2nncc2CO)CCNCC1OCc1ccc2ccccc2c1. The molecular formula is C20H22N4O4. The van der Waals surface area contributed by atoms with Crippen LogP contribution in [0.3, 0.4) is 0 Å². The topological polar surface area (TPSA) is 98.5 Å². The molecule has 1 fully saturated rings. The van der Waals surface area contributed by atoms with Crippen LogP contribution in [0.4, 0.5) is 0 Å². The van der Waals surface area contributed by atoms with Crippen LogP contribution in [0.15, 0.2) is 48.7 Å². The number of rotatable bonds is 7. The molecule has 3 aromatic rings. The van der Waals surface area contributed by atoms with E-state index in [1.807, 2.05) is 18.2 Å². The lowest BCUT2D eigenvalue weighted by atomic mass is 9.97. The molecule has 8 heteroatoms. The minimum Gasteiger partial charge on any atom is -0.436 e. The fourth-order valence-corrected chi connectivity index (χ4v) is 3.73. The monoisotopic (exact) mass is 382 g/mol. The summed E-state index contributed by atoms with van der Waals surface area (Å²) in [5.41, 5.74) is 0.326. The van der Waals surface area contributed by atoms with Gasteiger partial charge in [-0.15, -0.1) is 5.10 Å². The Labute approximate surface area is 162 Å². The Kier molecular flexibility index (Phi) is 5.34. The van der Waals surface area contributed by atoms with Crippen LogP contribution in [0.2, 0.25) is 0 Å². The van der Waals surface area contributed by atoms with Gasteiger partial charge >= 0.3 is 0 Å². The Hall–Kier alpha value is -2.81. The first-order valence-corrected chi connectivity index (χ1v) is 9.19. The van der Waals surface area contributed by atoms with Crippen molar-refractivity contribution < 1.29 is 19.4 Å². The maximum atomic E-state index is 11.3. The van der Waals surface area contributed by atoms with Gasteiger partial charge in [0.25, 0.3) is 6.47 Å². The zero-order valence-corrected chi connectivity index (χ0v) is 15.3. The molecule has 2 unspecified atom stereocenters. The summed E-state index contributed by atoms with van der Waals surface area (Å²) < 4.78 is 13.2. The van der Waals surface area contributed by atoms with Gasteiger partial charge in [-0.1, -0.05) is 41.6 Å². The average molecular weight is 382 g/mol. The summed E-state index contributed by atoms with van der Waals surface area (Å²) in [6.45, 7) is 1.59. The molecule has 8 nitrogen and oxygen atoms in total. The molecule has 1 aromatic heterocycles. The van der Waals surface area contributed by atoms with Gasteiger partial charge in [0.15, 0.2) is 0 Å². The van der Waals surface area contributed by atoms with Crippen LogP contribution in [0.1, 0.15) is 17.7 Å². The number of nitrogens with zero attached hydrogens (tertiary/aromatic N) is 3. The summed E-state index contributed by atoms with van der Waals surface area (Å²) in [6.07, 6.45) is 1.41. The van der Waals surface area contributed by atoms with Gasteiger partial charge in [-0.25, -0.2) is 4.68 Å². The smallest absolute Gasteiger partial charge is 0.295 e. The quantitative estimate of drug-likeness (QED) is 0.595. The molecule has 146 valence electrons. The second kappa shape index (κ2) is 8.05. The zero-order chi connectivity index (χ0) is 19.4. The summed E-state index contributed by atoms with van der Waals surface area (Å²) in [6, 6.07) is 14.3. The number of hydrogen-bond donors (Lipinski definition) is 2. The van der Waals surface area contributed by atoms with Gasteiger partial charge in [-0.3, -0.25) is 4.79 Å². The fraction of sp³-hybridized carbons (Fsp3) is 0.350. The van der Waals surface area contributed by atoms with E-state index in [-0.39, 0.29) is 6.61 Å². The third-order valence-corrected chi connectivity index (χ3v) is 5.15. The second-order valence-corrected chi connectivity index (χ2v) is 6.79. The minimum absolute atomic E-state index is 0.262. The number of piperidine rings is 1. The molecule has 0 amide bonds. The van der Waals surface area contributed by atoms with Gasteiger partial charge in [0.1, 0.15) is 6.10 Å². The molecule has 4 rings (SSSR count). The van der Waals surface area contributed by atoms with Crippen molar-refractivity contribution in [2.45, 2.75) is 31.5 Å². The molecule has 0 spiro atoms. The molecule has 1 saturated heterocycles. The van der Waals surface area contributed by atoms with Gasteiger partial charge in [0.2, 0.25) is 5.72 Å². The molecule has 0 bridgehead atoms. The number of carbonyl (C=O) groups excluding carboxylic acids is 1. The van der Waals surface area contributed by atoms with Gasteiger partial charge in [0.05, 0.1) is 25.1 Å². The molecule has 2 aromatic carbocycles.